The van der Waals surface area contributed by atoms with E-state index in [0.29, 0.717) is 12.4 Å². The number of nitrogens with one attached hydrogen (secondary N) is 1. The summed E-state index contributed by atoms with van der Waals surface area (Å²) in [5, 5.41) is 3.99. The number of benzene rings is 1. The lowest BCUT2D eigenvalue weighted by atomic mass is 10.2. The highest BCUT2D eigenvalue weighted by molar-refractivity contribution is 7.92. The molecule has 0 unspecified atom stereocenters. The monoisotopic (exact) mass is 279 g/mol. The predicted molar refractivity (Wildman–Crippen MR) is 77.0 cm³/mol. The molecule has 2 rings (SSSR count). The van der Waals surface area contributed by atoms with Gasteiger partial charge in [0, 0.05) is 18.2 Å². The molecule has 1 N–H and O–H groups in total. The fourth-order valence-corrected chi connectivity index (χ4v) is 1.91. The molecular weight excluding hydrogens is 262 g/mol. The molecule has 0 amide bonds. The second-order valence-electron chi connectivity index (χ2n) is 5.12. The molecule has 6 heteroatoms. The van der Waals surface area contributed by atoms with Gasteiger partial charge in [-0.1, -0.05) is 12.1 Å². The number of nitrogens with zero attached hydrogens (tertiary/aromatic N) is 2. The van der Waals surface area contributed by atoms with Gasteiger partial charge in [0.2, 0.25) is 0 Å². The van der Waals surface area contributed by atoms with Crippen LogP contribution in [0.3, 0.4) is 0 Å². The summed E-state index contributed by atoms with van der Waals surface area (Å²) >= 11 is 0. The summed E-state index contributed by atoms with van der Waals surface area (Å²) in [7, 11) is -3.13. The number of aromatic nitrogens is 2. The Morgan fingerprint density at radius 2 is 1.89 bits per heavy atom. The summed E-state index contributed by atoms with van der Waals surface area (Å²) in [4.78, 5) is 8.34. The fraction of sp³-hybridized carbons (Fsp3) is 0.385. The highest BCUT2D eigenvalue weighted by Gasteiger charge is 2.30. The van der Waals surface area contributed by atoms with Crippen molar-refractivity contribution in [3.05, 3.63) is 30.6 Å². The first-order valence-electron chi connectivity index (χ1n) is 5.94. The van der Waals surface area contributed by atoms with Crippen LogP contribution in [0.5, 0.6) is 0 Å². The summed E-state index contributed by atoms with van der Waals surface area (Å²) in [5.41, 5.74) is 0.831. The van der Waals surface area contributed by atoms with Crippen LogP contribution >= 0.6 is 0 Å². The molecule has 0 saturated carbocycles. The highest BCUT2D eigenvalue weighted by atomic mass is 32.2. The first kappa shape index (κ1) is 13.7. The van der Waals surface area contributed by atoms with Gasteiger partial charge in [0.1, 0.15) is 12.1 Å². The van der Waals surface area contributed by atoms with Crippen LogP contribution in [0.4, 0.5) is 5.82 Å². The summed E-state index contributed by atoms with van der Waals surface area (Å²) in [6.07, 6.45) is 2.71. The van der Waals surface area contributed by atoms with E-state index in [1.54, 1.807) is 13.8 Å². The van der Waals surface area contributed by atoms with Crippen LogP contribution in [0.25, 0.3) is 10.9 Å². The van der Waals surface area contributed by atoms with Crippen molar-refractivity contribution >= 4 is 26.6 Å². The van der Waals surface area contributed by atoms with Crippen LogP contribution in [0.15, 0.2) is 30.6 Å². The zero-order valence-electron chi connectivity index (χ0n) is 11.2. The zero-order chi connectivity index (χ0) is 14.1. The average Bonchev–Trinajstić information content (AvgIpc) is 2.35. The largest absolute Gasteiger partial charge is 0.368 e. The van der Waals surface area contributed by atoms with E-state index in [1.807, 2.05) is 24.3 Å². The fourth-order valence-electron chi connectivity index (χ4n) is 1.57. The topological polar surface area (TPSA) is 72.0 Å². The molecule has 1 aromatic carbocycles. The van der Waals surface area contributed by atoms with Gasteiger partial charge >= 0.3 is 0 Å². The predicted octanol–water partition coefficient (Wildman–Crippen LogP) is 1.86. The Labute approximate surface area is 113 Å². The molecule has 0 bridgehead atoms. The number of sulfone groups is 1. The minimum atomic E-state index is -3.13. The lowest BCUT2D eigenvalue weighted by Crippen LogP contribution is -2.38. The van der Waals surface area contributed by atoms with Crippen molar-refractivity contribution < 1.29 is 8.42 Å². The van der Waals surface area contributed by atoms with Crippen molar-refractivity contribution in [1.29, 1.82) is 0 Å². The van der Waals surface area contributed by atoms with E-state index in [1.165, 1.54) is 12.6 Å². The van der Waals surface area contributed by atoms with Crippen LogP contribution in [0.1, 0.15) is 13.8 Å². The first-order chi connectivity index (χ1) is 8.81. The maximum Gasteiger partial charge on any atom is 0.154 e. The third kappa shape index (κ3) is 2.84. The standard InChI is InChI=1S/C13H17N3O2S/c1-13(2,19(3,17)18)8-14-12-10-6-4-5-7-11(10)15-9-16-12/h4-7,9H,8H2,1-3H3,(H,14,15,16). The second-order valence-corrected chi connectivity index (χ2v) is 7.77. The quantitative estimate of drug-likeness (QED) is 0.925. The van der Waals surface area contributed by atoms with Crippen molar-refractivity contribution in [1.82, 2.24) is 9.97 Å². The average molecular weight is 279 g/mol. The number of hydrogen-bond acceptors (Lipinski definition) is 5. The molecule has 0 aliphatic carbocycles. The Balaban J connectivity index is 2.28. The zero-order valence-corrected chi connectivity index (χ0v) is 12.0. The highest BCUT2D eigenvalue weighted by Crippen LogP contribution is 2.21. The van der Waals surface area contributed by atoms with Crippen molar-refractivity contribution in [2.75, 3.05) is 18.1 Å². The molecule has 0 saturated heterocycles. The van der Waals surface area contributed by atoms with Crippen LogP contribution in [0.2, 0.25) is 0 Å². The minimum Gasteiger partial charge on any atom is -0.368 e. The Hall–Kier alpha value is -1.69. The molecule has 102 valence electrons. The summed E-state index contributed by atoms with van der Waals surface area (Å²) in [6.45, 7) is 3.68. The van der Waals surface area contributed by atoms with Gasteiger partial charge in [-0.05, 0) is 26.0 Å². The van der Waals surface area contributed by atoms with E-state index in [2.05, 4.69) is 15.3 Å². The summed E-state index contributed by atoms with van der Waals surface area (Å²) in [6, 6.07) is 7.60. The maximum atomic E-state index is 11.7. The molecule has 0 radical (unpaired) electrons. The van der Waals surface area contributed by atoms with Gasteiger partial charge < -0.3 is 5.32 Å². The molecule has 0 aliphatic rings. The van der Waals surface area contributed by atoms with E-state index in [-0.39, 0.29) is 0 Å². The Morgan fingerprint density at radius 3 is 2.58 bits per heavy atom. The number of hydrogen-bond donors (Lipinski definition) is 1. The number of para-hydroxylation sites is 1. The van der Waals surface area contributed by atoms with E-state index in [9.17, 15) is 8.42 Å². The van der Waals surface area contributed by atoms with Crippen LogP contribution in [-0.2, 0) is 9.84 Å². The molecular formula is C13H17N3O2S. The molecule has 19 heavy (non-hydrogen) atoms. The maximum absolute atomic E-state index is 11.7. The van der Waals surface area contributed by atoms with Crippen LogP contribution in [0, 0.1) is 0 Å². The summed E-state index contributed by atoms with van der Waals surface area (Å²) in [5.74, 6) is 0.655. The number of anilines is 1. The van der Waals surface area contributed by atoms with Gasteiger partial charge in [-0.2, -0.15) is 0 Å². The van der Waals surface area contributed by atoms with Crippen LogP contribution in [-0.4, -0.2) is 35.9 Å². The van der Waals surface area contributed by atoms with Crippen molar-refractivity contribution in [3.63, 3.8) is 0 Å². The van der Waals surface area contributed by atoms with Gasteiger partial charge in [-0.25, -0.2) is 18.4 Å². The smallest absolute Gasteiger partial charge is 0.154 e. The molecule has 1 heterocycles. The molecule has 0 aliphatic heterocycles. The normalized spacial score (nSPS) is 12.6. The molecule has 5 nitrogen and oxygen atoms in total. The SMILES string of the molecule is CC(C)(CNc1ncnc2ccccc12)S(C)(=O)=O. The third-order valence-corrected chi connectivity index (χ3v) is 5.38. The lowest BCUT2D eigenvalue weighted by Gasteiger charge is -2.23. The third-order valence-electron chi connectivity index (χ3n) is 3.23. The first-order valence-corrected chi connectivity index (χ1v) is 7.84. The second kappa shape index (κ2) is 4.77. The van der Waals surface area contributed by atoms with Crippen LogP contribution < -0.4 is 5.32 Å². The van der Waals surface area contributed by atoms with Crippen molar-refractivity contribution in [2.45, 2.75) is 18.6 Å². The van der Waals surface area contributed by atoms with E-state index in [0.717, 1.165) is 10.9 Å². The Bertz CT molecular complexity index is 691. The van der Waals surface area contributed by atoms with Gasteiger partial charge in [0.25, 0.3) is 0 Å². The number of rotatable bonds is 4. The molecule has 1 aromatic heterocycles. The molecule has 2 aromatic rings. The van der Waals surface area contributed by atoms with Gasteiger partial charge in [-0.3, -0.25) is 0 Å². The Morgan fingerprint density at radius 1 is 1.21 bits per heavy atom. The molecule has 0 atom stereocenters. The van der Waals surface area contributed by atoms with Gasteiger partial charge in [0.15, 0.2) is 9.84 Å². The Kier molecular flexibility index (Phi) is 3.45. The van der Waals surface area contributed by atoms with E-state index >= 15 is 0 Å². The van der Waals surface area contributed by atoms with Crippen molar-refractivity contribution in [2.24, 2.45) is 0 Å². The minimum absolute atomic E-state index is 0.298. The van der Waals surface area contributed by atoms with Gasteiger partial charge in [0.05, 0.1) is 10.3 Å². The van der Waals surface area contributed by atoms with Gasteiger partial charge in [-0.15, -0.1) is 0 Å². The molecule has 0 fully saturated rings. The lowest BCUT2D eigenvalue weighted by molar-refractivity contribution is 0.559. The van der Waals surface area contributed by atoms with E-state index in [4.69, 9.17) is 0 Å². The summed E-state index contributed by atoms with van der Waals surface area (Å²) < 4.78 is 22.5. The van der Waals surface area contributed by atoms with Crippen molar-refractivity contribution in [3.8, 4) is 0 Å². The van der Waals surface area contributed by atoms with E-state index < -0.39 is 14.6 Å². The number of fused-ring (bicyclic) bond motifs is 1. The molecule has 0 spiro atoms.